The molecular formula is C21H20N5. The standard InChI is InChI=1S/C21H20N5/c22-20(16-5-2-1-3-6-16)7-4-11-21(15-24-26-25-21)19-9-8-18-14-23-12-10-17(18)13-19/h1-3,5-10,12-15,20H,4,11,22H2. The Labute approximate surface area is 152 Å². The second kappa shape index (κ2) is 7.14. The number of benzene rings is 2. The van der Waals surface area contributed by atoms with Gasteiger partial charge in [-0.05, 0) is 53.1 Å². The van der Waals surface area contributed by atoms with E-state index >= 15 is 0 Å². The molecule has 5 nitrogen and oxygen atoms in total. The third-order valence-electron chi connectivity index (χ3n) is 4.82. The van der Waals surface area contributed by atoms with Crippen molar-refractivity contribution >= 4 is 17.0 Å². The van der Waals surface area contributed by atoms with Gasteiger partial charge in [-0.25, -0.2) is 0 Å². The summed E-state index contributed by atoms with van der Waals surface area (Å²) in [6, 6.07) is 18.3. The van der Waals surface area contributed by atoms with Crippen molar-refractivity contribution in [3.8, 4) is 0 Å². The van der Waals surface area contributed by atoms with E-state index in [0.717, 1.165) is 34.7 Å². The summed E-state index contributed by atoms with van der Waals surface area (Å²) in [5, 5.41) is 14.6. The highest BCUT2D eigenvalue weighted by Crippen LogP contribution is 2.35. The molecule has 0 amide bonds. The van der Waals surface area contributed by atoms with Crippen LogP contribution in [0, 0.1) is 6.42 Å². The van der Waals surface area contributed by atoms with Crippen LogP contribution in [-0.4, -0.2) is 11.2 Å². The SMILES string of the molecule is NC([CH]CCC1(c2ccc3cnccc3c2)C=NN=N1)c1ccccc1. The molecule has 1 aliphatic heterocycles. The zero-order valence-corrected chi connectivity index (χ0v) is 14.4. The molecule has 0 spiro atoms. The maximum Gasteiger partial charge on any atom is 0.145 e. The van der Waals surface area contributed by atoms with Crippen molar-refractivity contribution in [3.63, 3.8) is 0 Å². The number of pyridine rings is 1. The Morgan fingerprint density at radius 2 is 1.92 bits per heavy atom. The smallest absolute Gasteiger partial charge is 0.145 e. The Hall–Kier alpha value is -2.92. The zero-order chi connectivity index (χ0) is 17.8. The number of nitrogens with zero attached hydrogens (tertiary/aromatic N) is 4. The lowest BCUT2D eigenvalue weighted by Crippen LogP contribution is -2.24. The summed E-state index contributed by atoms with van der Waals surface area (Å²) in [7, 11) is 0. The molecule has 5 heteroatoms. The number of hydrogen-bond donors (Lipinski definition) is 1. The van der Waals surface area contributed by atoms with Crippen LogP contribution in [0.4, 0.5) is 0 Å². The topological polar surface area (TPSA) is 76.0 Å². The predicted octanol–water partition coefficient (Wildman–Crippen LogP) is 4.57. The monoisotopic (exact) mass is 342 g/mol. The molecule has 2 heterocycles. The third kappa shape index (κ3) is 3.26. The lowest BCUT2D eigenvalue weighted by molar-refractivity contribution is 0.534. The molecule has 2 atom stereocenters. The molecule has 0 fully saturated rings. The first kappa shape index (κ1) is 16.5. The second-order valence-corrected chi connectivity index (χ2v) is 6.51. The van der Waals surface area contributed by atoms with Crippen molar-refractivity contribution in [1.29, 1.82) is 0 Å². The first-order valence-corrected chi connectivity index (χ1v) is 8.71. The van der Waals surface area contributed by atoms with Crippen LogP contribution in [-0.2, 0) is 5.54 Å². The van der Waals surface area contributed by atoms with Crippen LogP contribution in [0.5, 0.6) is 0 Å². The van der Waals surface area contributed by atoms with Crippen molar-refractivity contribution in [2.75, 3.05) is 0 Å². The third-order valence-corrected chi connectivity index (χ3v) is 4.82. The maximum atomic E-state index is 6.29. The van der Waals surface area contributed by atoms with Gasteiger partial charge in [-0.3, -0.25) is 4.98 Å². The summed E-state index contributed by atoms with van der Waals surface area (Å²) in [4.78, 5) is 4.17. The average molecular weight is 342 g/mol. The Morgan fingerprint density at radius 1 is 1.04 bits per heavy atom. The molecule has 2 N–H and O–H groups in total. The first-order chi connectivity index (χ1) is 12.8. The predicted molar refractivity (Wildman–Crippen MR) is 104 cm³/mol. The minimum absolute atomic E-state index is 0.0915. The van der Waals surface area contributed by atoms with E-state index in [4.69, 9.17) is 5.73 Å². The van der Waals surface area contributed by atoms with Gasteiger partial charge in [0.25, 0.3) is 0 Å². The van der Waals surface area contributed by atoms with Crippen LogP contribution in [0.25, 0.3) is 10.8 Å². The Kier molecular flexibility index (Phi) is 4.54. The quantitative estimate of drug-likeness (QED) is 0.712. The summed E-state index contributed by atoms with van der Waals surface area (Å²) in [5.74, 6) is 0. The molecule has 0 saturated heterocycles. The van der Waals surface area contributed by atoms with E-state index in [1.165, 1.54) is 0 Å². The summed E-state index contributed by atoms with van der Waals surface area (Å²) in [6.45, 7) is 0. The van der Waals surface area contributed by atoms with Crippen LogP contribution in [0.1, 0.15) is 30.0 Å². The van der Waals surface area contributed by atoms with E-state index in [2.05, 4.69) is 45.0 Å². The lowest BCUT2D eigenvalue weighted by atomic mass is 9.85. The molecule has 2 aromatic carbocycles. The highest BCUT2D eigenvalue weighted by atomic mass is 15.4. The van der Waals surface area contributed by atoms with Gasteiger partial charge in [0, 0.05) is 23.8 Å². The lowest BCUT2D eigenvalue weighted by Gasteiger charge is -2.23. The largest absolute Gasteiger partial charge is 0.324 e. The van der Waals surface area contributed by atoms with Gasteiger partial charge >= 0.3 is 0 Å². The molecule has 2 unspecified atom stereocenters. The van der Waals surface area contributed by atoms with Gasteiger partial charge in [-0.15, -0.1) is 5.10 Å². The van der Waals surface area contributed by atoms with E-state index in [-0.39, 0.29) is 6.04 Å². The van der Waals surface area contributed by atoms with Crippen LogP contribution < -0.4 is 5.73 Å². The fourth-order valence-electron chi connectivity index (χ4n) is 3.29. The van der Waals surface area contributed by atoms with Crippen molar-refractivity contribution < 1.29 is 0 Å². The number of hydrogen-bond acceptors (Lipinski definition) is 5. The first-order valence-electron chi connectivity index (χ1n) is 8.71. The van der Waals surface area contributed by atoms with Crippen LogP contribution in [0.15, 0.2) is 82.4 Å². The minimum Gasteiger partial charge on any atom is -0.324 e. The normalized spacial score (nSPS) is 19.9. The van der Waals surface area contributed by atoms with Gasteiger partial charge in [0.15, 0.2) is 0 Å². The number of nitrogens with two attached hydrogens (primary N) is 1. The fourth-order valence-corrected chi connectivity index (χ4v) is 3.29. The number of rotatable bonds is 6. The maximum absolute atomic E-state index is 6.29. The van der Waals surface area contributed by atoms with Crippen LogP contribution >= 0.6 is 0 Å². The molecule has 1 aliphatic rings. The molecule has 1 radical (unpaired) electrons. The van der Waals surface area contributed by atoms with Gasteiger partial charge in [0.2, 0.25) is 0 Å². The van der Waals surface area contributed by atoms with Gasteiger partial charge in [0.05, 0.1) is 6.21 Å². The van der Waals surface area contributed by atoms with Gasteiger partial charge < -0.3 is 5.73 Å². The van der Waals surface area contributed by atoms with Crippen molar-refractivity contribution in [1.82, 2.24) is 4.98 Å². The zero-order valence-electron chi connectivity index (χ0n) is 14.4. The Morgan fingerprint density at radius 3 is 2.73 bits per heavy atom. The highest BCUT2D eigenvalue weighted by Gasteiger charge is 2.33. The molecule has 1 aromatic heterocycles. The van der Waals surface area contributed by atoms with E-state index in [9.17, 15) is 0 Å². The Bertz CT molecular complexity index is 937. The molecule has 3 aromatic rings. The Balaban J connectivity index is 1.51. The average Bonchev–Trinajstić information content (AvgIpc) is 3.18. The molecule has 4 rings (SSSR count). The van der Waals surface area contributed by atoms with Gasteiger partial charge in [-0.2, -0.15) is 5.11 Å². The molecule has 129 valence electrons. The summed E-state index contributed by atoms with van der Waals surface area (Å²) >= 11 is 0. The van der Waals surface area contributed by atoms with Crippen molar-refractivity contribution in [3.05, 3.63) is 84.5 Å². The van der Waals surface area contributed by atoms with Crippen LogP contribution in [0.2, 0.25) is 0 Å². The van der Waals surface area contributed by atoms with E-state index < -0.39 is 5.54 Å². The summed E-state index contributed by atoms with van der Waals surface area (Å²) < 4.78 is 0. The number of fused-ring (bicyclic) bond motifs is 1. The van der Waals surface area contributed by atoms with E-state index in [1.807, 2.05) is 48.8 Å². The highest BCUT2D eigenvalue weighted by molar-refractivity contribution is 5.84. The second-order valence-electron chi connectivity index (χ2n) is 6.51. The van der Waals surface area contributed by atoms with E-state index in [0.29, 0.717) is 0 Å². The minimum atomic E-state index is -0.523. The summed E-state index contributed by atoms with van der Waals surface area (Å²) in [5.41, 5.74) is 7.96. The van der Waals surface area contributed by atoms with E-state index in [1.54, 1.807) is 6.20 Å². The molecular weight excluding hydrogens is 322 g/mol. The molecule has 0 saturated carbocycles. The van der Waals surface area contributed by atoms with Crippen molar-refractivity contribution in [2.45, 2.75) is 24.4 Å². The molecule has 0 bridgehead atoms. The summed E-state index contributed by atoms with van der Waals surface area (Å²) in [6.07, 6.45) is 9.21. The van der Waals surface area contributed by atoms with Gasteiger partial charge in [0.1, 0.15) is 5.54 Å². The fraction of sp³-hybridized carbons (Fsp3) is 0.190. The van der Waals surface area contributed by atoms with Crippen LogP contribution in [0.3, 0.4) is 0 Å². The van der Waals surface area contributed by atoms with Gasteiger partial charge in [-0.1, -0.05) is 42.5 Å². The molecule has 0 aliphatic carbocycles. The number of aromatic nitrogens is 1. The molecule has 26 heavy (non-hydrogen) atoms. The van der Waals surface area contributed by atoms with Crippen molar-refractivity contribution in [2.24, 2.45) is 21.2 Å².